The van der Waals surface area contributed by atoms with Gasteiger partial charge in [-0.2, -0.15) is 0 Å². The van der Waals surface area contributed by atoms with Crippen LogP contribution >= 0.6 is 0 Å². The summed E-state index contributed by atoms with van der Waals surface area (Å²) >= 11 is 0. The molecule has 0 bridgehead atoms. The van der Waals surface area contributed by atoms with Crippen LogP contribution in [0.3, 0.4) is 0 Å². The van der Waals surface area contributed by atoms with Crippen LogP contribution in [0.2, 0.25) is 0 Å². The summed E-state index contributed by atoms with van der Waals surface area (Å²) in [5.74, 6) is 5.23. The van der Waals surface area contributed by atoms with Crippen molar-refractivity contribution in [3.05, 3.63) is 0 Å². The molecule has 0 unspecified atom stereocenters. The molecule has 0 aromatic carbocycles. The van der Waals surface area contributed by atoms with Crippen LogP contribution in [0.4, 0.5) is 0 Å². The molecule has 16 heavy (non-hydrogen) atoms. The Bertz CT molecular complexity index is 231. The second kappa shape index (κ2) is 5.64. The van der Waals surface area contributed by atoms with E-state index in [4.69, 9.17) is 10.6 Å². The number of hydrogen-bond donors (Lipinski definition) is 2. The van der Waals surface area contributed by atoms with Crippen LogP contribution in [-0.4, -0.2) is 18.1 Å². The Morgan fingerprint density at radius 3 is 2.12 bits per heavy atom. The molecule has 4 nitrogen and oxygen atoms in total. The summed E-state index contributed by atoms with van der Waals surface area (Å²) in [5, 5.41) is 0. The number of rotatable bonds is 3. The van der Waals surface area contributed by atoms with Crippen LogP contribution in [0.1, 0.15) is 51.4 Å². The Hall–Kier alpha value is -0.610. The molecule has 92 valence electrons. The van der Waals surface area contributed by atoms with Gasteiger partial charge in [0.05, 0.1) is 12.2 Å². The normalized spacial score (nSPS) is 31.6. The van der Waals surface area contributed by atoms with Crippen molar-refractivity contribution in [1.29, 1.82) is 0 Å². The van der Waals surface area contributed by atoms with Crippen LogP contribution in [0.15, 0.2) is 0 Å². The molecule has 0 saturated heterocycles. The third-order valence-electron chi connectivity index (χ3n) is 3.87. The summed E-state index contributed by atoms with van der Waals surface area (Å²) in [6.07, 6.45) is 9.80. The van der Waals surface area contributed by atoms with E-state index in [1.54, 1.807) is 0 Å². The van der Waals surface area contributed by atoms with E-state index in [0.717, 1.165) is 25.7 Å². The topological polar surface area (TPSA) is 64.3 Å². The van der Waals surface area contributed by atoms with Crippen molar-refractivity contribution in [2.45, 2.75) is 63.6 Å². The molecule has 2 fully saturated rings. The van der Waals surface area contributed by atoms with Gasteiger partial charge in [0.25, 0.3) is 0 Å². The Morgan fingerprint density at radius 1 is 1.00 bits per heavy atom. The van der Waals surface area contributed by atoms with Gasteiger partial charge < -0.3 is 4.74 Å². The van der Waals surface area contributed by atoms with Crippen molar-refractivity contribution < 1.29 is 9.53 Å². The monoisotopic (exact) mass is 226 g/mol. The highest BCUT2D eigenvalue weighted by Crippen LogP contribution is 2.30. The molecular weight excluding hydrogens is 204 g/mol. The van der Waals surface area contributed by atoms with Gasteiger partial charge in [-0.1, -0.05) is 12.8 Å². The van der Waals surface area contributed by atoms with Gasteiger partial charge in [0.2, 0.25) is 5.91 Å². The zero-order valence-corrected chi connectivity index (χ0v) is 9.78. The summed E-state index contributed by atoms with van der Waals surface area (Å²) < 4.78 is 6.05. The van der Waals surface area contributed by atoms with E-state index in [-0.39, 0.29) is 11.8 Å². The first kappa shape index (κ1) is 11.9. The summed E-state index contributed by atoms with van der Waals surface area (Å²) in [6, 6.07) is 0. The van der Waals surface area contributed by atoms with E-state index in [1.807, 2.05) is 0 Å². The first-order chi connectivity index (χ1) is 7.79. The molecule has 0 atom stereocenters. The average Bonchev–Trinajstić information content (AvgIpc) is 2.82. The van der Waals surface area contributed by atoms with Crippen molar-refractivity contribution in [2.24, 2.45) is 11.8 Å². The first-order valence-electron chi connectivity index (χ1n) is 6.45. The van der Waals surface area contributed by atoms with Crippen molar-refractivity contribution in [3.63, 3.8) is 0 Å². The predicted octanol–water partition coefficient (Wildman–Crippen LogP) is 1.49. The van der Waals surface area contributed by atoms with Gasteiger partial charge >= 0.3 is 0 Å². The number of nitrogens with two attached hydrogens (primary N) is 1. The Kier molecular flexibility index (Phi) is 4.18. The van der Waals surface area contributed by atoms with E-state index in [2.05, 4.69) is 5.43 Å². The number of carbonyl (C=O) groups is 1. The molecule has 0 aromatic heterocycles. The molecule has 4 heteroatoms. The number of carbonyl (C=O) groups excluding carboxylic acids is 1. The van der Waals surface area contributed by atoms with E-state index in [1.165, 1.54) is 25.7 Å². The van der Waals surface area contributed by atoms with E-state index in [9.17, 15) is 4.79 Å². The molecule has 0 heterocycles. The highest BCUT2D eigenvalue weighted by atomic mass is 16.5. The molecule has 2 aliphatic rings. The zero-order chi connectivity index (χ0) is 11.4. The fourth-order valence-electron chi connectivity index (χ4n) is 2.88. The van der Waals surface area contributed by atoms with Gasteiger partial charge in [-0.3, -0.25) is 10.2 Å². The minimum Gasteiger partial charge on any atom is -0.375 e. The maximum absolute atomic E-state index is 11.3. The van der Waals surface area contributed by atoms with Crippen LogP contribution < -0.4 is 11.3 Å². The lowest BCUT2D eigenvalue weighted by Gasteiger charge is -2.29. The van der Waals surface area contributed by atoms with Crippen molar-refractivity contribution in [1.82, 2.24) is 5.43 Å². The SMILES string of the molecule is NNC(=O)[C@H]1CC[C@H](OC2CCCC2)CC1. The fraction of sp³-hybridized carbons (Fsp3) is 0.917. The molecule has 2 aliphatic carbocycles. The smallest absolute Gasteiger partial charge is 0.236 e. The number of nitrogens with one attached hydrogen (secondary N) is 1. The zero-order valence-electron chi connectivity index (χ0n) is 9.78. The van der Waals surface area contributed by atoms with Gasteiger partial charge in [-0.15, -0.1) is 0 Å². The summed E-state index contributed by atoms with van der Waals surface area (Å²) in [5.41, 5.74) is 2.24. The maximum atomic E-state index is 11.3. The lowest BCUT2D eigenvalue weighted by Crippen LogP contribution is -2.38. The van der Waals surface area contributed by atoms with Gasteiger partial charge in [0.15, 0.2) is 0 Å². The predicted molar refractivity (Wildman–Crippen MR) is 61.4 cm³/mol. The number of ether oxygens (including phenoxy) is 1. The molecule has 2 saturated carbocycles. The fourth-order valence-corrected chi connectivity index (χ4v) is 2.88. The highest BCUT2D eigenvalue weighted by Gasteiger charge is 2.28. The first-order valence-corrected chi connectivity index (χ1v) is 6.45. The standard InChI is InChI=1S/C12H22N2O2/c13-14-12(15)9-5-7-11(8-6-9)16-10-3-1-2-4-10/h9-11H,1-8,13H2,(H,14,15)/t9-,11-. The van der Waals surface area contributed by atoms with Crippen LogP contribution in [0.5, 0.6) is 0 Å². The lowest BCUT2D eigenvalue weighted by atomic mass is 9.87. The number of amides is 1. The maximum Gasteiger partial charge on any atom is 0.236 e. The Morgan fingerprint density at radius 2 is 1.56 bits per heavy atom. The second-order valence-corrected chi connectivity index (χ2v) is 5.02. The number of hydrazine groups is 1. The number of hydrogen-bond acceptors (Lipinski definition) is 3. The van der Waals surface area contributed by atoms with E-state index < -0.39 is 0 Å². The minimum absolute atomic E-state index is 0.0145. The molecule has 0 radical (unpaired) electrons. The quantitative estimate of drug-likeness (QED) is 0.435. The summed E-state index contributed by atoms with van der Waals surface area (Å²) in [6.45, 7) is 0. The minimum atomic E-state index is -0.0145. The van der Waals surface area contributed by atoms with Gasteiger partial charge in [-0.25, -0.2) is 5.84 Å². The summed E-state index contributed by atoms with van der Waals surface area (Å²) in [4.78, 5) is 11.3. The largest absolute Gasteiger partial charge is 0.375 e. The van der Waals surface area contributed by atoms with Crippen molar-refractivity contribution in [3.8, 4) is 0 Å². The molecule has 0 aliphatic heterocycles. The lowest BCUT2D eigenvalue weighted by molar-refractivity contribution is -0.127. The third kappa shape index (κ3) is 2.95. The Labute approximate surface area is 96.9 Å². The van der Waals surface area contributed by atoms with Crippen molar-refractivity contribution >= 4 is 5.91 Å². The molecule has 1 amide bonds. The molecule has 0 spiro atoms. The van der Waals surface area contributed by atoms with E-state index in [0.29, 0.717) is 12.2 Å². The van der Waals surface area contributed by atoms with Gasteiger partial charge in [0.1, 0.15) is 0 Å². The summed E-state index contributed by atoms with van der Waals surface area (Å²) in [7, 11) is 0. The third-order valence-corrected chi connectivity index (χ3v) is 3.87. The van der Waals surface area contributed by atoms with E-state index >= 15 is 0 Å². The van der Waals surface area contributed by atoms with Crippen LogP contribution in [0.25, 0.3) is 0 Å². The highest BCUT2D eigenvalue weighted by molar-refractivity contribution is 5.77. The Balaban J connectivity index is 1.70. The second-order valence-electron chi connectivity index (χ2n) is 5.02. The van der Waals surface area contributed by atoms with Crippen LogP contribution in [0, 0.1) is 5.92 Å². The molecular formula is C12H22N2O2. The molecule has 0 aromatic rings. The van der Waals surface area contributed by atoms with Crippen LogP contribution in [-0.2, 0) is 9.53 Å². The average molecular weight is 226 g/mol. The van der Waals surface area contributed by atoms with Gasteiger partial charge in [0, 0.05) is 5.92 Å². The molecule has 2 rings (SSSR count). The van der Waals surface area contributed by atoms with Gasteiger partial charge in [-0.05, 0) is 38.5 Å². The molecule has 3 N–H and O–H groups in total. The van der Waals surface area contributed by atoms with Crippen molar-refractivity contribution in [2.75, 3.05) is 0 Å².